The van der Waals surface area contributed by atoms with Gasteiger partial charge in [-0.1, -0.05) is 20.8 Å². The first-order valence-corrected chi connectivity index (χ1v) is 5.29. The Bertz CT molecular complexity index is 237. The second-order valence-corrected chi connectivity index (χ2v) is 4.84. The second-order valence-electron chi connectivity index (χ2n) is 4.84. The molecule has 86 valence electrons. The zero-order chi connectivity index (χ0) is 11.9. The Labute approximate surface area is 91.8 Å². The van der Waals surface area contributed by atoms with E-state index < -0.39 is 0 Å². The SMILES string of the molecule is CC(C)(C)C(CCN)CCC(=O)NC#N. The number of nitriles is 1. The maximum absolute atomic E-state index is 11.1. The van der Waals surface area contributed by atoms with Gasteiger partial charge in [0.15, 0.2) is 6.19 Å². The molecule has 0 saturated carbocycles. The third-order valence-electron chi connectivity index (χ3n) is 2.66. The second kappa shape index (κ2) is 6.41. The smallest absolute Gasteiger partial charge is 0.232 e. The number of nitrogens with one attached hydrogen (secondary N) is 1. The molecule has 4 heteroatoms. The fraction of sp³-hybridized carbons (Fsp3) is 0.818. The molecule has 1 unspecified atom stereocenters. The summed E-state index contributed by atoms with van der Waals surface area (Å²) in [6, 6.07) is 0. The molecule has 3 N–H and O–H groups in total. The molecule has 15 heavy (non-hydrogen) atoms. The first-order chi connectivity index (χ1) is 6.91. The number of nitrogens with zero attached hydrogens (tertiary/aromatic N) is 1. The normalized spacial score (nSPS) is 13.0. The molecule has 0 heterocycles. The molecule has 0 spiro atoms. The first-order valence-electron chi connectivity index (χ1n) is 5.29. The third kappa shape index (κ3) is 6.08. The van der Waals surface area contributed by atoms with Crippen LogP contribution in [0.2, 0.25) is 0 Å². The van der Waals surface area contributed by atoms with Crippen LogP contribution in [-0.2, 0) is 4.79 Å². The van der Waals surface area contributed by atoms with E-state index in [4.69, 9.17) is 11.0 Å². The molecular weight excluding hydrogens is 190 g/mol. The minimum atomic E-state index is -0.205. The van der Waals surface area contributed by atoms with Crippen LogP contribution in [0.15, 0.2) is 0 Å². The van der Waals surface area contributed by atoms with Crippen LogP contribution in [-0.4, -0.2) is 12.5 Å². The number of amides is 1. The van der Waals surface area contributed by atoms with Gasteiger partial charge in [-0.15, -0.1) is 0 Å². The number of carbonyl (C=O) groups excluding carboxylic acids is 1. The Morgan fingerprint density at radius 3 is 2.47 bits per heavy atom. The molecule has 1 atom stereocenters. The Balaban J connectivity index is 4.09. The van der Waals surface area contributed by atoms with Gasteiger partial charge in [-0.3, -0.25) is 10.1 Å². The molecule has 0 bridgehead atoms. The number of hydrogen-bond donors (Lipinski definition) is 2. The average molecular weight is 211 g/mol. The van der Waals surface area contributed by atoms with Crippen LogP contribution in [0.1, 0.15) is 40.0 Å². The summed E-state index contributed by atoms with van der Waals surface area (Å²) in [5.41, 5.74) is 5.70. The molecule has 0 aromatic heterocycles. The molecule has 0 fully saturated rings. The summed E-state index contributed by atoms with van der Waals surface area (Å²) in [4.78, 5) is 11.1. The summed E-state index contributed by atoms with van der Waals surface area (Å²) >= 11 is 0. The standard InChI is InChI=1S/C11H21N3O/c1-11(2,3)9(6-7-12)4-5-10(15)14-8-13/h9H,4-7,12H2,1-3H3,(H,14,15). The molecule has 0 aromatic carbocycles. The molecular formula is C11H21N3O. The zero-order valence-corrected chi connectivity index (χ0v) is 9.84. The maximum Gasteiger partial charge on any atom is 0.232 e. The van der Waals surface area contributed by atoms with Gasteiger partial charge in [-0.25, -0.2) is 0 Å². The van der Waals surface area contributed by atoms with E-state index in [0.29, 0.717) is 18.9 Å². The van der Waals surface area contributed by atoms with Gasteiger partial charge in [0, 0.05) is 6.42 Å². The highest BCUT2D eigenvalue weighted by Gasteiger charge is 2.24. The fourth-order valence-corrected chi connectivity index (χ4v) is 1.64. The highest BCUT2D eigenvalue weighted by atomic mass is 16.1. The van der Waals surface area contributed by atoms with E-state index in [1.165, 1.54) is 0 Å². The predicted molar refractivity (Wildman–Crippen MR) is 59.6 cm³/mol. The van der Waals surface area contributed by atoms with Crippen molar-refractivity contribution in [1.82, 2.24) is 5.32 Å². The Morgan fingerprint density at radius 1 is 1.47 bits per heavy atom. The lowest BCUT2D eigenvalue weighted by atomic mass is 9.76. The third-order valence-corrected chi connectivity index (χ3v) is 2.66. The van der Waals surface area contributed by atoms with Crippen LogP contribution in [0.25, 0.3) is 0 Å². The van der Waals surface area contributed by atoms with Gasteiger partial charge in [0.25, 0.3) is 0 Å². The van der Waals surface area contributed by atoms with E-state index in [9.17, 15) is 4.79 Å². The molecule has 1 amide bonds. The van der Waals surface area contributed by atoms with Crippen molar-refractivity contribution < 1.29 is 4.79 Å². The molecule has 0 aromatic rings. The molecule has 0 saturated heterocycles. The lowest BCUT2D eigenvalue weighted by molar-refractivity contribution is -0.120. The largest absolute Gasteiger partial charge is 0.330 e. The Hall–Kier alpha value is -1.08. The molecule has 0 aliphatic rings. The number of nitrogens with two attached hydrogens (primary N) is 1. The van der Waals surface area contributed by atoms with E-state index in [1.807, 2.05) is 0 Å². The lowest BCUT2D eigenvalue weighted by Gasteiger charge is -2.30. The van der Waals surface area contributed by atoms with E-state index in [0.717, 1.165) is 12.8 Å². The van der Waals surface area contributed by atoms with Gasteiger partial charge >= 0.3 is 0 Å². The highest BCUT2D eigenvalue weighted by molar-refractivity contribution is 5.77. The van der Waals surface area contributed by atoms with Crippen molar-refractivity contribution in [1.29, 1.82) is 5.26 Å². The topological polar surface area (TPSA) is 78.9 Å². The van der Waals surface area contributed by atoms with Crippen LogP contribution in [0.5, 0.6) is 0 Å². The first kappa shape index (κ1) is 13.9. The van der Waals surface area contributed by atoms with Crippen LogP contribution < -0.4 is 11.1 Å². The van der Waals surface area contributed by atoms with E-state index in [1.54, 1.807) is 6.19 Å². The van der Waals surface area contributed by atoms with Gasteiger partial charge in [-0.05, 0) is 30.7 Å². The predicted octanol–water partition coefficient (Wildman–Crippen LogP) is 1.37. The average Bonchev–Trinajstić information content (AvgIpc) is 2.10. The van der Waals surface area contributed by atoms with Crippen molar-refractivity contribution in [3.8, 4) is 6.19 Å². The van der Waals surface area contributed by atoms with E-state index >= 15 is 0 Å². The van der Waals surface area contributed by atoms with E-state index in [2.05, 4.69) is 26.1 Å². The maximum atomic E-state index is 11.1. The van der Waals surface area contributed by atoms with Crippen LogP contribution in [0, 0.1) is 22.8 Å². The monoisotopic (exact) mass is 211 g/mol. The molecule has 0 rings (SSSR count). The summed E-state index contributed by atoms with van der Waals surface area (Å²) in [6.45, 7) is 7.09. The van der Waals surface area contributed by atoms with Crippen molar-refractivity contribution in [2.24, 2.45) is 17.1 Å². The van der Waals surface area contributed by atoms with Gasteiger partial charge < -0.3 is 5.73 Å². The van der Waals surface area contributed by atoms with Crippen LogP contribution >= 0.6 is 0 Å². The summed E-state index contributed by atoms with van der Waals surface area (Å²) < 4.78 is 0. The van der Waals surface area contributed by atoms with Crippen molar-refractivity contribution in [2.45, 2.75) is 40.0 Å². The molecule has 0 radical (unpaired) electrons. The van der Waals surface area contributed by atoms with E-state index in [-0.39, 0.29) is 11.3 Å². The van der Waals surface area contributed by atoms with Crippen molar-refractivity contribution >= 4 is 5.91 Å². The lowest BCUT2D eigenvalue weighted by Crippen LogP contribution is -2.26. The minimum Gasteiger partial charge on any atom is -0.330 e. The fourth-order valence-electron chi connectivity index (χ4n) is 1.64. The summed E-state index contributed by atoms with van der Waals surface area (Å²) in [7, 11) is 0. The number of hydrogen-bond acceptors (Lipinski definition) is 3. The molecule has 0 aliphatic heterocycles. The van der Waals surface area contributed by atoms with Gasteiger partial charge in [0.2, 0.25) is 5.91 Å². The summed E-state index contributed by atoms with van der Waals surface area (Å²) in [5, 5.41) is 10.4. The zero-order valence-electron chi connectivity index (χ0n) is 9.84. The van der Waals surface area contributed by atoms with Crippen LogP contribution in [0.3, 0.4) is 0 Å². The molecule has 4 nitrogen and oxygen atoms in total. The number of rotatable bonds is 5. The van der Waals surface area contributed by atoms with Crippen molar-refractivity contribution in [3.05, 3.63) is 0 Å². The van der Waals surface area contributed by atoms with Gasteiger partial charge in [0.1, 0.15) is 0 Å². The Kier molecular flexibility index (Phi) is 5.95. The molecule has 0 aliphatic carbocycles. The minimum absolute atomic E-state index is 0.159. The van der Waals surface area contributed by atoms with Crippen molar-refractivity contribution in [3.63, 3.8) is 0 Å². The van der Waals surface area contributed by atoms with Gasteiger partial charge in [0.05, 0.1) is 0 Å². The Morgan fingerprint density at radius 2 is 2.07 bits per heavy atom. The van der Waals surface area contributed by atoms with Crippen LogP contribution in [0.4, 0.5) is 0 Å². The van der Waals surface area contributed by atoms with Crippen molar-refractivity contribution in [2.75, 3.05) is 6.54 Å². The highest BCUT2D eigenvalue weighted by Crippen LogP contribution is 2.31. The quantitative estimate of drug-likeness (QED) is 0.532. The van der Waals surface area contributed by atoms with Gasteiger partial charge in [-0.2, -0.15) is 5.26 Å². The summed E-state index contributed by atoms with van der Waals surface area (Å²) in [6.07, 6.45) is 3.74. The summed E-state index contributed by atoms with van der Waals surface area (Å²) in [5.74, 6) is 0.218. The number of carbonyl (C=O) groups is 1.